The molecule has 2 heterocycles. The van der Waals surface area contributed by atoms with E-state index in [1.54, 1.807) is 54.9 Å². The number of hydrogen-bond donors (Lipinski definition) is 3. The third kappa shape index (κ3) is 6.42. The predicted molar refractivity (Wildman–Crippen MR) is 153 cm³/mol. The molecule has 3 atom stereocenters. The van der Waals surface area contributed by atoms with E-state index in [1.807, 2.05) is 19.2 Å². The van der Waals surface area contributed by atoms with Crippen LogP contribution in [0.4, 0.5) is 5.69 Å². The summed E-state index contributed by atoms with van der Waals surface area (Å²) < 4.78 is 0. The van der Waals surface area contributed by atoms with Gasteiger partial charge in [0.2, 0.25) is 0 Å². The Morgan fingerprint density at radius 2 is 2.00 bits per heavy atom. The number of nitrogens with one attached hydrogen (secondary N) is 3. The standard InChI is InChI=1S/C20H14N4O2.C11H21N/c25-12-13-3-8-17-18(10-13)24-19(23-17)14-4-6-15(7-5-14)20(26)22-16-2-1-9-21-11-16;1-5-10-7-11(6-8(10)2)9(3)12-4/h1-12H,(H,22,26)(H,23,24);9-12H,2,5-7H2,1,3-4H3. The molecule has 1 aliphatic carbocycles. The Kier molecular flexibility index (Phi) is 8.81. The van der Waals surface area contributed by atoms with Crippen molar-refractivity contribution in [3.63, 3.8) is 0 Å². The minimum absolute atomic E-state index is 0.204. The van der Waals surface area contributed by atoms with Crippen LogP contribution in [0.5, 0.6) is 0 Å². The third-order valence-corrected chi connectivity index (χ3v) is 7.33. The molecule has 38 heavy (non-hydrogen) atoms. The summed E-state index contributed by atoms with van der Waals surface area (Å²) in [4.78, 5) is 34.8. The van der Waals surface area contributed by atoms with Crippen molar-refractivity contribution < 1.29 is 9.59 Å². The lowest BCUT2D eigenvalue weighted by Gasteiger charge is -2.17. The molecule has 0 radical (unpaired) electrons. The second kappa shape index (κ2) is 12.4. The Labute approximate surface area is 223 Å². The molecule has 1 saturated carbocycles. The number of anilines is 1. The fourth-order valence-electron chi connectivity index (χ4n) is 4.85. The van der Waals surface area contributed by atoms with E-state index < -0.39 is 0 Å². The van der Waals surface area contributed by atoms with Crippen LogP contribution in [0.15, 0.2) is 79.1 Å². The summed E-state index contributed by atoms with van der Waals surface area (Å²) in [5, 5.41) is 6.12. The van der Waals surface area contributed by atoms with Gasteiger partial charge in [0.1, 0.15) is 12.1 Å². The van der Waals surface area contributed by atoms with Gasteiger partial charge >= 0.3 is 0 Å². The number of amides is 1. The number of benzene rings is 2. The maximum atomic E-state index is 12.3. The van der Waals surface area contributed by atoms with Crippen molar-refractivity contribution >= 4 is 28.9 Å². The number of aldehydes is 1. The summed E-state index contributed by atoms with van der Waals surface area (Å²) in [5.41, 5.74) is 5.68. The largest absolute Gasteiger partial charge is 0.338 e. The number of nitrogens with zero attached hydrogens (tertiary/aromatic N) is 2. The number of aromatic nitrogens is 3. The van der Waals surface area contributed by atoms with Crippen molar-refractivity contribution in [1.29, 1.82) is 0 Å². The minimum Gasteiger partial charge on any atom is -0.338 e. The minimum atomic E-state index is -0.204. The number of carbonyl (C=O) groups is 2. The van der Waals surface area contributed by atoms with Gasteiger partial charge in [-0.05, 0) is 87.5 Å². The van der Waals surface area contributed by atoms with Crippen LogP contribution in [0.1, 0.15) is 53.8 Å². The molecule has 7 heteroatoms. The van der Waals surface area contributed by atoms with Gasteiger partial charge in [0, 0.05) is 28.9 Å². The molecule has 7 nitrogen and oxygen atoms in total. The third-order valence-electron chi connectivity index (χ3n) is 7.33. The first-order chi connectivity index (χ1) is 18.4. The number of allylic oxidation sites excluding steroid dienone is 1. The van der Waals surface area contributed by atoms with Crippen molar-refractivity contribution in [2.24, 2.45) is 11.8 Å². The maximum absolute atomic E-state index is 12.3. The highest BCUT2D eigenvalue weighted by molar-refractivity contribution is 6.04. The number of carbonyl (C=O) groups excluding carboxylic acids is 2. The first kappa shape index (κ1) is 26.9. The molecule has 1 amide bonds. The molecular formula is C31H35N5O2. The molecule has 1 fully saturated rings. The maximum Gasteiger partial charge on any atom is 0.255 e. The van der Waals surface area contributed by atoms with Gasteiger partial charge < -0.3 is 15.6 Å². The van der Waals surface area contributed by atoms with Crippen LogP contribution < -0.4 is 10.6 Å². The summed E-state index contributed by atoms with van der Waals surface area (Å²) >= 11 is 0. The molecule has 0 bridgehead atoms. The highest BCUT2D eigenvalue weighted by atomic mass is 16.1. The zero-order valence-corrected chi connectivity index (χ0v) is 22.2. The van der Waals surface area contributed by atoms with E-state index in [0.717, 1.165) is 34.7 Å². The molecule has 3 N–H and O–H groups in total. The Morgan fingerprint density at radius 3 is 2.63 bits per heavy atom. The number of hydrogen-bond acceptors (Lipinski definition) is 5. The number of fused-ring (bicyclic) bond motifs is 1. The Morgan fingerprint density at radius 1 is 1.21 bits per heavy atom. The average Bonchev–Trinajstić information content (AvgIpc) is 3.56. The first-order valence-corrected chi connectivity index (χ1v) is 13.0. The van der Waals surface area contributed by atoms with E-state index in [4.69, 9.17) is 0 Å². The van der Waals surface area contributed by atoms with Gasteiger partial charge in [0.05, 0.1) is 22.9 Å². The van der Waals surface area contributed by atoms with Crippen molar-refractivity contribution in [3.8, 4) is 11.4 Å². The van der Waals surface area contributed by atoms with E-state index in [2.05, 4.69) is 46.0 Å². The summed E-state index contributed by atoms with van der Waals surface area (Å²) in [6, 6.07) is 16.6. The average molecular weight is 510 g/mol. The van der Waals surface area contributed by atoms with Gasteiger partial charge in [-0.1, -0.05) is 31.2 Å². The molecular weight excluding hydrogens is 474 g/mol. The van der Waals surface area contributed by atoms with Crippen molar-refractivity contribution in [2.45, 2.75) is 39.2 Å². The zero-order valence-electron chi connectivity index (χ0n) is 22.2. The fraction of sp³-hybridized carbons (Fsp3) is 0.290. The van der Waals surface area contributed by atoms with E-state index >= 15 is 0 Å². The molecule has 0 spiro atoms. The molecule has 2 aromatic carbocycles. The molecule has 2 aromatic heterocycles. The van der Waals surface area contributed by atoms with Gasteiger partial charge in [-0.15, -0.1) is 0 Å². The zero-order chi connectivity index (χ0) is 27.1. The smallest absolute Gasteiger partial charge is 0.255 e. The molecule has 3 unspecified atom stereocenters. The van der Waals surface area contributed by atoms with Crippen LogP contribution in [0.2, 0.25) is 0 Å². The van der Waals surface area contributed by atoms with Crippen molar-refractivity contribution in [3.05, 3.63) is 90.3 Å². The number of rotatable bonds is 7. The second-order valence-electron chi connectivity index (χ2n) is 9.79. The highest BCUT2D eigenvalue weighted by Gasteiger charge is 2.29. The van der Waals surface area contributed by atoms with Crippen LogP contribution in [0.25, 0.3) is 22.4 Å². The lowest BCUT2D eigenvalue weighted by Crippen LogP contribution is -2.28. The molecule has 1 aliphatic rings. The predicted octanol–water partition coefficient (Wildman–Crippen LogP) is 6.28. The van der Waals surface area contributed by atoms with Gasteiger partial charge in [-0.2, -0.15) is 0 Å². The van der Waals surface area contributed by atoms with Crippen molar-refractivity contribution in [1.82, 2.24) is 20.3 Å². The second-order valence-corrected chi connectivity index (χ2v) is 9.79. The normalized spacial score (nSPS) is 17.5. The van der Waals surface area contributed by atoms with Crippen LogP contribution in [0, 0.1) is 11.8 Å². The summed E-state index contributed by atoms with van der Waals surface area (Å²) in [6.07, 6.45) is 7.89. The Balaban J connectivity index is 0.000000236. The molecule has 0 aliphatic heterocycles. The number of aromatic amines is 1. The van der Waals surface area contributed by atoms with Gasteiger partial charge in [-0.25, -0.2) is 4.98 Å². The van der Waals surface area contributed by atoms with Crippen LogP contribution >= 0.6 is 0 Å². The Bertz CT molecular complexity index is 1400. The van der Waals surface area contributed by atoms with E-state index in [-0.39, 0.29) is 5.91 Å². The molecule has 5 rings (SSSR count). The summed E-state index contributed by atoms with van der Waals surface area (Å²) in [5.74, 6) is 2.10. The summed E-state index contributed by atoms with van der Waals surface area (Å²) in [6.45, 7) is 8.69. The van der Waals surface area contributed by atoms with Gasteiger partial charge in [0.15, 0.2) is 0 Å². The number of pyridine rings is 1. The number of imidazole rings is 1. The van der Waals surface area contributed by atoms with E-state index in [1.165, 1.54) is 24.8 Å². The van der Waals surface area contributed by atoms with Crippen LogP contribution in [0.3, 0.4) is 0 Å². The van der Waals surface area contributed by atoms with Crippen LogP contribution in [-0.4, -0.2) is 40.2 Å². The quantitative estimate of drug-likeness (QED) is 0.201. The first-order valence-electron chi connectivity index (χ1n) is 13.0. The fourth-order valence-corrected chi connectivity index (χ4v) is 4.85. The van der Waals surface area contributed by atoms with Gasteiger partial charge in [-0.3, -0.25) is 14.6 Å². The Hall–Kier alpha value is -4.10. The SMILES string of the molecule is C=C1CC(C(C)NC)CC1CC.O=Cc1ccc2nc(-c3ccc(C(=O)Nc4cccnc4)cc3)[nH]c2c1. The lowest BCUT2D eigenvalue weighted by molar-refractivity contribution is 0.102. The van der Waals surface area contributed by atoms with E-state index in [9.17, 15) is 9.59 Å². The monoisotopic (exact) mass is 509 g/mol. The van der Waals surface area contributed by atoms with Crippen molar-refractivity contribution in [2.75, 3.05) is 12.4 Å². The summed E-state index contributed by atoms with van der Waals surface area (Å²) in [7, 11) is 2.05. The van der Waals surface area contributed by atoms with E-state index in [0.29, 0.717) is 28.7 Å². The lowest BCUT2D eigenvalue weighted by atomic mass is 9.97. The molecule has 4 aromatic rings. The molecule has 196 valence electrons. The number of H-pyrrole nitrogens is 1. The highest BCUT2D eigenvalue weighted by Crippen LogP contribution is 2.38. The topological polar surface area (TPSA) is 99.8 Å². The van der Waals surface area contributed by atoms with Crippen LogP contribution in [-0.2, 0) is 0 Å². The molecule has 0 saturated heterocycles. The van der Waals surface area contributed by atoms with Gasteiger partial charge in [0.25, 0.3) is 5.91 Å².